The van der Waals surface area contributed by atoms with Gasteiger partial charge in [-0.25, -0.2) is 9.50 Å². The summed E-state index contributed by atoms with van der Waals surface area (Å²) in [6.07, 6.45) is -3.62. The van der Waals surface area contributed by atoms with Crippen molar-refractivity contribution in [3.63, 3.8) is 0 Å². The molecule has 32 heavy (non-hydrogen) atoms. The van der Waals surface area contributed by atoms with Crippen LogP contribution in [-0.2, 0) is 14.9 Å². The highest BCUT2D eigenvalue weighted by Gasteiger charge is 2.42. The molecule has 4 rings (SSSR count). The molecule has 0 N–H and O–H groups in total. The summed E-state index contributed by atoms with van der Waals surface area (Å²) in [5.74, 6) is -1.30. The molecule has 0 spiro atoms. The van der Waals surface area contributed by atoms with E-state index in [4.69, 9.17) is 4.74 Å². The maximum atomic E-state index is 13.0. The first-order valence-electron chi connectivity index (χ1n) is 10.7. The van der Waals surface area contributed by atoms with Crippen LogP contribution >= 0.6 is 0 Å². The minimum Gasteiger partial charge on any atom is -0.369 e. The third-order valence-corrected chi connectivity index (χ3v) is 8.26. The summed E-state index contributed by atoms with van der Waals surface area (Å²) in [6, 6.07) is 3.65. The van der Waals surface area contributed by atoms with E-state index in [1.165, 1.54) is 22.7 Å². The maximum Gasteiger partial charge on any atom is 0.391 e. The van der Waals surface area contributed by atoms with Gasteiger partial charge in [-0.3, -0.25) is 0 Å². The minimum atomic E-state index is -4.15. The van der Waals surface area contributed by atoms with Crippen molar-refractivity contribution in [3.8, 4) is 0 Å². The Morgan fingerprint density at radius 1 is 1.16 bits per heavy atom. The van der Waals surface area contributed by atoms with Gasteiger partial charge in [-0.2, -0.15) is 35.3 Å². The van der Waals surface area contributed by atoms with Gasteiger partial charge in [-0.1, -0.05) is 0 Å². The second kappa shape index (κ2) is 8.54. The second-order valence-electron chi connectivity index (χ2n) is 8.76. The van der Waals surface area contributed by atoms with E-state index >= 15 is 0 Å². The van der Waals surface area contributed by atoms with Crippen molar-refractivity contribution in [2.24, 2.45) is 5.92 Å². The number of rotatable bonds is 4. The molecule has 2 aliphatic rings. The molecule has 0 radical (unpaired) electrons. The zero-order valence-corrected chi connectivity index (χ0v) is 19.2. The number of hydrogen-bond acceptors (Lipinski definition) is 5. The van der Waals surface area contributed by atoms with Crippen molar-refractivity contribution in [2.45, 2.75) is 50.8 Å². The molecule has 8 nitrogen and oxygen atoms in total. The van der Waals surface area contributed by atoms with Gasteiger partial charge in [0.1, 0.15) is 6.10 Å². The van der Waals surface area contributed by atoms with Crippen molar-refractivity contribution >= 4 is 15.9 Å². The van der Waals surface area contributed by atoms with E-state index in [1.54, 1.807) is 4.52 Å². The third-order valence-electron chi connectivity index (χ3n) is 6.36. The van der Waals surface area contributed by atoms with Gasteiger partial charge in [0.05, 0.1) is 23.9 Å². The number of nitrogens with zero attached hydrogens (tertiary/aromatic N) is 5. The predicted molar refractivity (Wildman–Crippen MR) is 111 cm³/mol. The normalized spacial score (nSPS) is 26.2. The number of hydrogen-bond donors (Lipinski definition) is 0. The first kappa shape index (κ1) is 23.4. The lowest BCUT2D eigenvalue weighted by Crippen LogP contribution is -2.47. The quantitative estimate of drug-likeness (QED) is 0.679. The lowest BCUT2D eigenvalue weighted by atomic mass is 9.80. The average Bonchev–Trinajstić information content (AvgIpc) is 3.16. The molecule has 2 fully saturated rings. The van der Waals surface area contributed by atoms with Crippen molar-refractivity contribution < 1.29 is 26.3 Å². The van der Waals surface area contributed by atoms with E-state index < -0.39 is 28.4 Å². The Bertz CT molecular complexity index is 1080. The van der Waals surface area contributed by atoms with E-state index in [9.17, 15) is 21.6 Å². The van der Waals surface area contributed by atoms with Crippen LogP contribution in [0.2, 0.25) is 0 Å². The summed E-state index contributed by atoms with van der Waals surface area (Å²) in [7, 11) is -0.608. The lowest BCUT2D eigenvalue weighted by molar-refractivity contribution is -0.182. The zero-order chi connectivity index (χ0) is 23.3. The van der Waals surface area contributed by atoms with E-state index in [2.05, 4.69) is 10.1 Å². The summed E-state index contributed by atoms with van der Waals surface area (Å²) >= 11 is 0. The van der Waals surface area contributed by atoms with Gasteiger partial charge >= 0.3 is 6.18 Å². The smallest absolute Gasteiger partial charge is 0.369 e. The van der Waals surface area contributed by atoms with Crippen molar-refractivity contribution in [2.75, 3.05) is 33.8 Å². The highest BCUT2D eigenvalue weighted by atomic mass is 32.2. The topological polar surface area (TPSA) is 80.0 Å². The van der Waals surface area contributed by atoms with Crippen LogP contribution in [0.25, 0.3) is 5.65 Å². The molecule has 0 aromatic carbocycles. The molecule has 12 heteroatoms. The van der Waals surface area contributed by atoms with Crippen LogP contribution in [0.5, 0.6) is 0 Å². The van der Waals surface area contributed by atoms with Crippen LogP contribution < -0.4 is 0 Å². The Kier molecular flexibility index (Phi) is 6.25. The van der Waals surface area contributed by atoms with Gasteiger partial charge in [0, 0.05) is 44.9 Å². The van der Waals surface area contributed by atoms with Gasteiger partial charge in [0.2, 0.25) is 0 Å². The number of halogens is 3. The molecule has 0 amide bonds. The van der Waals surface area contributed by atoms with Gasteiger partial charge < -0.3 is 4.74 Å². The number of ether oxygens (including phenoxy) is 1. The van der Waals surface area contributed by atoms with Gasteiger partial charge in [0.15, 0.2) is 5.65 Å². The Morgan fingerprint density at radius 3 is 2.47 bits per heavy atom. The average molecular weight is 476 g/mol. The molecule has 1 saturated carbocycles. The van der Waals surface area contributed by atoms with E-state index in [0.717, 1.165) is 11.4 Å². The molecule has 1 aliphatic carbocycles. The lowest BCUT2D eigenvalue weighted by Gasteiger charge is -2.33. The molecular formula is C20H28F3N5O3S. The predicted octanol–water partition coefficient (Wildman–Crippen LogP) is 3.05. The van der Waals surface area contributed by atoms with Crippen LogP contribution in [0.15, 0.2) is 12.1 Å². The van der Waals surface area contributed by atoms with E-state index in [0.29, 0.717) is 24.2 Å². The summed E-state index contributed by atoms with van der Waals surface area (Å²) in [5, 5.41) is 4.68. The van der Waals surface area contributed by atoms with Gasteiger partial charge in [-0.15, -0.1) is 0 Å². The third kappa shape index (κ3) is 4.50. The second-order valence-corrected chi connectivity index (χ2v) is 10.9. The van der Waals surface area contributed by atoms with Crippen LogP contribution in [0.1, 0.15) is 54.8 Å². The number of aryl methyl sites for hydroxylation is 1. The highest BCUT2D eigenvalue weighted by Crippen LogP contribution is 2.42. The fraction of sp³-hybridized carbons (Fsp3) is 0.700. The van der Waals surface area contributed by atoms with E-state index in [-0.39, 0.29) is 38.5 Å². The first-order valence-corrected chi connectivity index (χ1v) is 12.1. The molecule has 2 aromatic heterocycles. The SMILES string of the molecule is Cc1cc([C@H]2CN(S(=O)(=O)N(C)C)CCO2)n2nc(C3CCC(C(F)(F)F)CC3)cc2n1. The summed E-state index contributed by atoms with van der Waals surface area (Å²) in [5.41, 5.74) is 2.72. The Balaban J connectivity index is 1.60. The number of alkyl halides is 3. The summed E-state index contributed by atoms with van der Waals surface area (Å²) in [6.45, 7) is 2.49. The van der Waals surface area contributed by atoms with Crippen LogP contribution in [0, 0.1) is 12.8 Å². The molecule has 1 aliphatic heterocycles. The fourth-order valence-corrected chi connectivity index (χ4v) is 5.63. The van der Waals surface area contributed by atoms with Crippen molar-refractivity contribution in [1.29, 1.82) is 0 Å². The maximum absolute atomic E-state index is 13.0. The first-order chi connectivity index (χ1) is 15.0. The van der Waals surface area contributed by atoms with Crippen LogP contribution in [0.3, 0.4) is 0 Å². The van der Waals surface area contributed by atoms with Crippen molar-refractivity contribution in [1.82, 2.24) is 23.2 Å². The fourth-order valence-electron chi connectivity index (χ4n) is 4.54. The molecule has 1 saturated heterocycles. The molecule has 0 unspecified atom stereocenters. The molecule has 1 atom stereocenters. The monoisotopic (exact) mass is 475 g/mol. The Morgan fingerprint density at radius 2 is 1.84 bits per heavy atom. The van der Waals surface area contributed by atoms with Crippen LogP contribution in [0.4, 0.5) is 13.2 Å². The molecule has 178 valence electrons. The largest absolute Gasteiger partial charge is 0.391 e. The molecule has 2 aromatic rings. The zero-order valence-electron chi connectivity index (χ0n) is 18.3. The number of fused-ring (bicyclic) bond motifs is 1. The summed E-state index contributed by atoms with van der Waals surface area (Å²) in [4.78, 5) is 4.52. The molecule has 3 heterocycles. The highest BCUT2D eigenvalue weighted by molar-refractivity contribution is 7.86. The molecular weight excluding hydrogens is 447 g/mol. The number of morpholine rings is 1. The summed E-state index contributed by atoms with van der Waals surface area (Å²) < 4.78 is 74.3. The Hall–Kier alpha value is -1.76. The van der Waals surface area contributed by atoms with Crippen molar-refractivity contribution in [3.05, 3.63) is 29.2 Å². The Labute approximate surface area is 185 Å². The van der Waals surface area contributed by atoms with Gasteiger partial charge in [-0.05, 0) is 38.7 Å². The van der Waals surface area contributed by atoms with Crippen LogP contribution in [-0.4, -0.2) is 71.6 Å². The molecule has 0 bridgehead atoms. The minimum absolute atomic E-state index is 0.0543. The standard InChI is InChI=1S/C20H28F3N5O3S/c1-13-10-17(18-12-27(8-9-31-18)32(29,30)26(2)3)28-19(24-13)11-16(25-28)14-4-6-15(7-5-14)20(21,22)23/h10-11,14-15,18H,4-9,12H2,1-3H3/t14?,15?,18-/m1/s1. The number of aromatic nitrogens is 3. The van der Waals surface area contributed by atoms with Gasteiger partial charge in [0.25, 0.3) is 10.2 Å². The van der Waals surface area contributed by atoms with E-state index in [1.807, 2.05) is 19.1 Å².